The van der Waals surface area contributed by atoms with E-state index in [1.165, 1.54) is 11.1 Å². The summed E-state index contributed by atoms with van der Waals surface area (Å²) >= 11 is 0. The maximum atomic E-state index is 12.0. The van der Waals surface area contributed by atoms with Gasteiger partial charge in [-0.05, 0) is 37.0 Å². The fourth-order valence-corrected chi connectivity index (χ4v) is 2.11. The predicted octanol–water partition coefficient (Wildman–Crippen LogP) is 3.78. The van der Waals surface area contributed by atoms with E-state index >= 15 is 0 Å². The third kappa shape index (κ3) is 5.74. The third-order valence-corrected chi connectivity index (χ3v) is 3.62. The number of carbonyl (C=O) groups is 1. The maximum absolute atomic E-state index is 12.0. The Kier molecular flexibility index (Phi) is 6.15. The van der Waals surface area contributed by atoms with Gasteiger partial charge in [0.1, 0.15) is 5.69 Å². The number of nitrogens with zero attached hydrogens (tertiary/aromatic N) is 1. The minimum atomic E-state index is -0.115. The Morgan fingerprint density at radius 1 is 1.13 bits per heavy atom. The number of hydrogen-bond donors (Lipinski definition) is 2. The molecule has 4 nitrogen and oxygen atoms in total. The second-order valence-corrected chi connectivity index (χ2v) is 6.21. The number of nitrogens with one attached hydrogen (secondary N) is 2. The molecular formula is C19H25N3O. The van der Waals surface area contributed by atoms with Crippen LogP contribution in [0.25, 0.3) is 0 Å². The van der Waals surface area contributed by atoms with Crippen LogP contribution in [0.1, 0.15) is 41.9 Å². The van der Waals surface area contributed by atoms with Crippen molar-refractivity contribution >= 4 is 11.6 Å². The molecule has 0 unspecified atom stereocenters. The van der Waals surface area contributed by atoms with Crippen molar-refractivity contribution in [2.45, 2.75) is 33.7 Å². The average Bonchev–Trinajstić information content (AvgIpc) is 2.54. The van der Waals surface area contributed by atoms with Crippen molar-refractivity contribution in [1.82, 2.24) is 10.3 Å². The molecule has 0 fully saturated rings. The summed E-state index contributed by atoms with van der Waals surface area (Å²) in [7, 11) is 0. The van der Waals surface area contributed by atoms with Crippen LogP contribution >= 0.6 is 0 Å². The molecule has 1 heterocycles. The van der Waals surface area contributed by atoms with E-state index in [0.717, 1.165) is 18.7 Å². The van der Waals surface area contributed by atoms with Crippen LogP contribution in [-0.2, 0) is 6.54 Å². The Hall–Kier alpha value is -2.36. The van der Waals surface area contributed by atoms with Gasteiger partial charge in [0, 0.05) is 13.1 Å². The lowest BCUT2D eigenvalue weighted by Gasteiger charge is -2.09. The molecule has 1 aromatic carbocycles. The molecule has 122 valence electrons. The normalized spacial score (nSPS) is 10.6. The highest BCUT2D eigenvalue weighted by Gasteiger charge is 2.06. The standard InChI is InChI=1S/C19H25N3O/c1-14(2)10-11-20-19(23)18-9-8-17(13-22-18)21-12-16-6-4-15(3)5-7-16/h4-9,13-14,21H,10-12H2,1-3H3,(H,20,23). The molecule has 0 aliphatic heterocycles. The molecule has 0 atom stereocenters. The first-order chi connectivity index (χ1) is 11.0. The summed E-state index contributed by atoms with van der Waals surface area (Å²) in [5.74, 6) is 0.465. The van der Waals surface area contributed by atoms with Gasteiger partial charge in [0.2, 0.25) is 0 Å². The van der Waals surface area contributed by atoms with Crippen LogP contribution in [0.15, 0.2) is 42.6 Å². The highest BCUT2D eigenvalue weighted by molar-refractivity contribution is 5.92. The lowest BCUT2D eigenvalue weighted by atomic mass is 10.1. The first-order valence-electron chi connectivity index (χ1n) is 8.08. The first kappa shape index (κ1) is 17.0. The number of aryl methyl sites for hydroxylation is 1. The van der Waals surface area contributed by atoms with Crippen molar-refractivity contribution in [2.75, 3.05) is 11.9 Å². The molecule has 0 bridgehead atoms. The Labute approximate surface area is 138 Å². The van der Waals surface area contributed by atoms with Gasteiger partial charge in [0.15, 0.2) is 0 Å². The van der Waals surface area contributed by atoms with Gasteiger partial charge >= 0.3 is 0 Å². The molecule has 0 saturated heterocycles. The van der Waals surface area contributed by atoms with Gasteiger partial charge in [0.25, 0.3) is 5.91 Å². The van der Waals surface area contributed by atoms with E-state index in [-0.39, 0.29) is 5.91 Å². The van der Waals surface area contributed by atoms with Crippen LogP contribution in [0.3, 0.4) is 0 Å². The summed E-state index contributed by atoms with van der Waals surface area (Å²) < 4.78 is 0. The topological polar surface area (TPSA) is 54.0 Å². The smallest absolute Gasteiger partial charge is 0.269 e. The Morgan fingerprint density at radius 3 is 2.48 bits per heavy atom. The van der Waals surface area contributed by atoms with E-state index in [2.05, 4.69) is 60.7 Å². The summed E-state index contributed by atoms with van der Waals surface area (Å²) in [4.78, 5) is 16.2. The second kappa shape index (κ2) is 8.32. The number of amides is 1. The van der Waals surface area contributed by atoms with Crippen LogP contribution in [0, 0.1) is 12.8 Å². The SMILES string of the molecule is Cc1ccc(CNc2ccc(C(=O)NCCC(C)C)nc2)cc1. The summed E-state index contributed by atoms with van der Waals surface area (Å²) in [6, 6.07) is 12.0. The van der Waals surface area contributed by atoms with Gasteiger partial charge in [0.05, 0.1) is 11.9 Å². The second-order valence-electron chi connectivity index (χ2n) is 6.21. The van der Waals surface area contributed by atoms with E-state index in [9.17, 15) is 4.79 Å². The van der Waals surface area contributed by atoms with E-state index < -0.39 is 0 Å². The number of rotatable bonds is 7. The highest BCUT2D eigenvalue weighted by Crippen LogP contribution is 2.10. The largest absolute Gasteiger partial charge is 0.380 e. The van der Waals surface area contributed by atoms with Crippen molar-refractivity contribution in [3.8, 4) is 0 Å². The van der Waals surface area contributed by atoms with Gasteiger partial charge in [-0.1, -0.05) is 43.7 Å². The van der Waals surface area contributed by atoms with Crippen LogP contribution in [0.2, 0.25) is 0 Å². The van der Waals surface area contributed by atoms with E-state index in [4.69, 9.17) is 0 Å². The van der Waals surface area contributed by atoms with Gasteiger partial charge in [-0.15, -0.1) is 0 Å². The van der Waals surface area contributed by atoms with Crippen molar-refractivity contribution in [3.05, 3.63) is 59.4 Å². The molecule has 0 aliphatic carbocycles. The molecule has 0 aliphatic rings. The minimum Gasteiger partial charge on any atom is -0.380 e. The highest BCUT2D eigenvalue weighted by atomic mass is 16.1. The summed E-state index contributed by atoms with van der Waals surface area (Å²) in [6.45, 7) is 7.78. The number of carbonyl (C=O) groups excluding carboxylic acids is 1. The van der Waals surface area contributed by atoms with Crippen LogP contribution < -0.4 is 10.6 Å². The number of aromatic nitrogens is 1. The molecule has 0 radical (unpaired) electrons. The molecule has 2 rings (SSSR count). The molecule has 2 aromatic rings. The Balaban J connectivity index is 1.84. The Bertz CT molecular complexity index is 618. The molecule has 1 amide bonds. The first-order valence-corrected chi connectivity index (χ1v) is 8.08. The van der Waals surface area contributed by atoms with Crippen molar-refractivity contribution in [2.24, 2.45) is 5.92 Å². The van der Waals surface area contributed by atoms with Crippen LogP contribution in [0.5, 0.6) is 0 Å². The molecule has 4 heteroatoms. The van der Waals surface area contributed by atoms with Crippen molar-refractivity contribution in [1.29, 1.82) is 0 Å². The van der Waals surface area contributed by atoms with Crippen LogP contribution in [-0.4, -0.2) is 17.4 Å². The van der Waals surface area contributed by atoms with E-state index in [0.29, 0.717) is 18.2 Å². The maximum Gasteiger partial charge on any atom is 0.269 e. The van der Waals surface area contributed by atoms with Gasteiger partial charge in [-0.25, -0.2) is 4.98 Å². The fourth-order valence-electron chi connectivity index (χ4n) is 2.11. The van der Waals surface area contributed by atoms with Gasteiger partial charge in [-0.2, -0.15) is 0 Å². The molecule has 23 heavy (non-hydrogen) atoms. The lowest BCUT2D eigenvalue weighted by molar-refractivity contribution is 0.0947. The molecular weight excluding hydrogens is 286 g/mol. The summed E-state index contributed by atoms with van der Waals surface area (Å²) in [5.41, 5.74) is 3.83. The number of benzene rings is 1. The zero-order valence-electron chi connectivity index (χ0n) is 14.1. The molecule has 2 N–H and O–H groups in total. The monoisotopic (exact) mass is 311 g/mol. The van der Waals surface area contributed by atoms with Gasteiger partial charge in [-0.3, -0.25) is 4.79 Å². The third-order valence-electron chi connectivity index (χ3n) is 3.62. The van der Waals surface area contributed by atoms with E-state index in [1.54, 1.807) is 12.3 Å². The molecule has 0 spiro atoms. The molecule has 1 aromatic heterocycles. The number of pyridine rings is 1. The van der Waals surface area contributed by atoms with Gasteiger partial charge < -0.3 is 10.6 Å². The zero-order chi connectivity index (χ0) is 16.7. The quantitative estimate of drug-likeness (QED) is 0.818. The predicted molar refractivity (Wildman–Crippen MR) is 94.5 cm³/mol. The number of hydrogen-bond acceptors (Lipinski definition) is 3. The molecule has 0 saturated carbocycles. The van der Waals surface area contributed by atoms with Crippen LogP contribution in [0.4, 0.5) is 5.69 Å². The Morgan fingerprint density at radius 2 is 1.87 bits per heavy atom. The summed E-state index contributed by atoms with van der Waals surface area (Å²) in [5, 5.41) is 6.20. The van der Waals surface area contributed by atoms with E-state index in [1.807, 2.05) is 6.07 Å². The lowest BCUT2D eigenvalue weighted by Crippen LogP contribution is -2.26. The van der Waals surface area contributed by atoms with Crippen molar-refractivity contribution in [3.63, 3.8) is 0 Å². The minimum absolute atomic E-state index is 0.115. The summed E-state index contributed by atoms with van der Waals surface area (Å²) in [6.07, 6.45) is 2.67. The fraction of sp³-hybridized carbons (Fsp3) is 0.368. The number of anilines is 1. The zero-order valence-corrected chi connectivity index (χ0v) is 14.1. The van der Waals surface area contributed by atoms with Crippen molar-refractivity contribution < 1.29 is 4.79 Å². The average molecular weight is 311 g/mol.